The van der Waals surface area contributed by atoms with E-state index in [1.807, 2.05) is 0 Å². The van der Waals surface area contributed by atoms with Gasteiger partial charge in [0.2, 0.25) is 0 Å². The number of hydrogen-bond acceptors (Lipinski definition) is 3. The summed E-state index contributed by atoms with van der Waals surface area (Å²) in [6, 6.07) is 2.31. The van der Waals surface area contributed by atoms with Crippen LogP contribution >= 0.6 is 0 Å². The van der Waals surface area contributed by atoms with E-state index in [1.165, 1.54) is 6.42 Å². The molecular formula is C13H17FN2O2. The fourth-order valence-electron chi connectivity index (χ4n) is 2.17. The van der Waals surface area contributed by atoms with Crippen LogP contribution in [0, 0.1) is 11.2 Å². The molecule has 0 heterocycles. The lowest BCUT2D eigenvalue weighted by atomic mass is 9.70. The van der Waals surface area contributed by atoms with Gasteiger partial charge in [-0.2, -0.15) is 0 Å². The van der Waals surface area contributed by atoms with E-state index in [0.29, 0.717) is 5.69 Å². The average Bonchev–Trinajstić information content (AvgIpc) is 2.27. The molecule has 1 fully saturated rings. The van der Waals surface area contributed by atoms with Crippen LogP contribution in [-0.2, 0) is 0 Å². The van der Waals surface area contributed by atoms with Gasteiger partial charge in [-0.3, -0.25) is 0 Å². The van der Waals surface area contributed by atoms with Crippen LogP contribution in [0.25, 0.3) is 0 Å². The molecule has 0 unspecified atom stereocenters. The molecule has 18 heavy (non-hydrogen) atoms. The highest BCUT2D eigenvalue weighted by Crippen LogP contribution is 2.40. The van der Waals surface area contributed by atoms with Gasteiger partial charge in [0, 0.05) is 6.54 Å². The zero-order valence-electron chi connectivity index (χ0n) is 10.3. The van der Waals surface area contributed by atoms with E-state index in [4.69, 9.17) is 10.8 Å². The Hall–Kier alpha value is -1.78. The Morgan fingerprint density at radius 2 is 2.22 bits per heavy atom. The largest absolute Gasteiger partial charge is 0.478 e. The summed E-state index contributed by atoms with van der Waals surface area (Å²) in [5, 5.41) is 11.9. The lowest BCUT2D eigenvalue weighted by molar-refractivity contribution is 0.0692. The van der Waals surface area contributed by atoms with Crippen LogP contribution in [0.2, 0.25) is 0 Å². The van der Waals surface area contributed by atoms with Gasteiger partial charge >= 0.3 is 5.97 Å². The Labute approximate surface area is 105 Å². The van der Waals surface area contributed by atoms with Crippen LogP contribution in [0.5, 0.6) is 0 Å². The van der Waals surface area contributed by atoms with E-state index >= 15 is 0 Å². The number of nitrogens with two attached hydrogens (primary N) is 1. The monoisotopic (exact) mass is 252 g/mol. The van der Waals surface area contributed by atoms with E-state index in [-0.39, 0.29) is 11.1 Å². The van der Waals surface area contributed by atoms with Crippen molar-refractivity contribution in [1.82, 2.24) is 0 Å². The average molecular weight is 252 g/mol. The number of rotatable bonds is 4. The van der Waals surface area contributed by atoms with Gasteiger partial charge in [-0.25, -0.2) is 9.18 Å². The molecule has 1 aromatic carbocycles. The molecule has 1 aromatic rings. The number of nitrogens with one attached hydrogen (secondary N) is 1. The number of nitrogen functional groups attached to an aromatic ring is 1. The first-order valence-electron chi connectivity index (χ1n) is 5.97. The molecular weight excluding hydrogens is 235 g/mol. The molecule has 0 saturated heterocycles. The molecule has 1 saturated carbocycles. The summed E-state index contributed by atoms with van der Waals surface area (Å²) in [4.78, 5) is 10.7. The number of carbonyl (C=O) groups is 1. The summed E-state index contributed by atoms with van der Waals surface area (Å²) in [6.45, 7) is 2.89. The van der Waals surface area contributed by atoms with Gasteiger partial charge in [0.05, 0.1) is 16.9 Å². The Morgan fingerprint density at radius 3 is 2.72 bits per heavy atom. The maximum atomic E-state index is 13.5. The lowest BCUT2D eigenvalue weighted by Crippen LogP contribution is -2.33. The van der Waals surface area contributed by atoms with Gasteiger partial charge in [0.15, 0.2) is 0 Å². The highest BCUT2D eigenvalue weighted by molar-refractivity contribution is 5.90. The van der Waals surface area contributed by atoms with Crippen LogP contribution in [0.4, 0.5) is 15.8 Å². The van der Waals surface area contributed by atoms with Crippen molar-refractivity contribution in [3.05, 3.63) is 23.5 Å². The van der Waals surface area contributed by atoms with Crippen LogP contribution in [0.3, 0.4) is 0 Å². The van der Waals surface area contributed by atoms with Gasteiger partial charge in [-0.15, -0.1) is 0 Å². The normalized spacial score (nSPS) is 17.0. The first-order valence-corrected chi connectivity index (χ1v) is 5.97. The second-order valence-electron chi connectivity index (χ2n) is 5.24. The van der Waals surface area contributed by atoms with Crippen molar-refractivity contribution < 1.29 is 14.3 Å². The number of hydrogen-bond donors (Lipinski definition) is 3. The highest BCUT2D eigenvalue weighted by Gasteiger charge is 2.31. The topological polar surface area (TPSA) is 75.3 Å². The van der Waals surface area contributed by atoms with Gasteiger partial charge in [-0.1, -0.05) is 13.3 Å². The fraction of sp³-hybridized carbons (Fsp3) is 0.462. The minimum absolute atomic E-state index is 0.244. The summed E-state index contributed by atoms with van der Waals surface area (Å²) in [5.41, 5.74) is 6.30. The summed E-state index contributed by atoms with van der Waals surface area (Å²) >= 11 is 0. The van der Waals surface area contributed by atoms with Crippen molar-refractivity contribution in [3.8, 4) is 0 Å². The van der Waals surface area contributed by atoms with Crippen molar-refractivity contribution in [2.45, 2.75) is 26.2 Å². The van der Waals surface area contributed by atoms with E-state index in [0.717, 1.165) is 31.5 Å². The molecule has 0 bridgehead atoms. The maximum absolute atomic E-state index is 13.5. The third-order valence-electron chi connectivity index (χ3n) is 3.64. The van der Waals surface area contributed by atoms with Crippen molar-refractivity contribution in [2.24, 2.45) is 5.41 Å². The van der Waals surface area contributed by atoms with E-state index < -0.39 is 17.3 Å². The summed E-state index contributed by atoms with van der Waals surface area (Å²) in [5.74, 6) is -2.07. The smallest absolute Gasteiger partial charge is 0.338 e. The van der Waals surface area contributed by atoms with Crippen LogP contribution in [-0.4, -0.2) is 17.6 Å². The molecule has 4 nitrogen and oxygen atoms in total. The van der Waals surface area contributed by atoms with Crippen molar-refractivity contribution in [1.29, 1.82) is 0 Å². The molecule has 98 valence electrons. The van der Waals surface area contributed by atoms with E-state index in [1.54, 1.807) is 0 Å². The molecule has 1 aliphatic carbocycles. The molecule has 0 atom stereocenters. The number of aromatic carboxylic acids is 1. The Morgan fingerprint density at radius 1 is 1.56 bits per heavy atom. The molecule has 2 rings (SSSR count). The highest BCUT2D eigenvalue weighted by atomic mass is 19.1. The molecule has 0 aliphatic heterocycles. The Bertz CT molecular complexity index is 484. The molecule has 0 spiro atoms. The zero-order valence-corrected chi connectivity index (χ0v) is 10.3. The second-order valence-corrected chi connectivity index (χ2v) is 5.24. The standard InChI is InChI=1S/C13H17FN2O2/c1-13(3-2-4-13)7-16-11-6-9(14)8(12(17)18)5-10(11)15/h5-6,16H,2-4,7,15H2,1H3,(H,17,18). The third kappa shape index (κ3) is 2.39. The SMILES string of the molecule is CC1(CNc2cc(F)c(C(=O)O)cc2N)CCC1. The molecule has 0 radical (unpaired) electrons. The van der Waals surface area contributed by atoms with Crippen molar-refractivity contribution in [3.63, 3.8) is 0 Å². The molecule has 4 N–H and O–H groups in total. The van der Waals surface area contributed by atoms with Crippen LogP contribution < -0.4 is 11.1 Å². The van der Waals surface area contributed by atoms with Gasteiger partial charge in [0.25, 0.3) is 0 Å². The molecule has 1 aliphatic rings. The third-order valence-corrected chi connectivity index (χ3v) is 3.64. The molecule has 0 aromatic heterocycles. The fourth-order valence-corrected chi connectivity index (χ4v) is 2.17. The number of benzene rings is 1. The quantitative estimate of drug-likeness (QED) is 0.720. The van der Waals surface area contributed by atoms with Crippen LogP contribution in [0.1, 0.15) is 36.5 Å². The molecule has 0 amide bonds. The van der Waals surface area contributed by atoms with Crippen molar-refractivity contribution >= 4 is 17.3 Å². The zero-order chi connectivity index (χ0) is 13.3. The van der Waals surface area contributed by atoms with Gasteiger partial charge in [-0.05, 0) is 30.4 Å². The number of halogens is 1. The number of carboxylic acids is 1. The predicted octanol–water partition coefficient (Wildman–Crippen LogP) is 2.71. The maximum Gasteiger partial charge on any atom is 0.338 e. The first-order chi connectivity index (χ1) is 8.41. The van der Waals surface area contributed by atoms with E-state index in [2.05, 4.69) is 12.2 Å². The summed E-state index contributed by atoms with van der Waals surface area (Å²) in [6.07, 6.45) is 3.52. The van der Waals surface area contributed by atoms with Gasteiger partial charge in [0.1, 0.15) is 5.82 Å². The number of anilines is 2. The Kier molecular flexibility index (Phi) is 3.15. The van der Waals surface area contributed by atoms with Crippen LogP contribution in [0.15, 0.2) is 12.1 Å². The molecule has 5 heteroatoms. The van der Waals surface area contributed by atoms with E-state index in [9.17, 15) is 9.18 Å². The minimum atomic E-state index is -1.31. The minimum Gasteiger partial charge on any atom is -0.478 e. The Balaban J connectivity index is 2.13. The lowest BCUT2D eigenvalue weighted by Gasteiger charge is -2.38. The predicted molar refractivity (Wildman–Crippen MR) is 68.2 cm³/mol. The van der Waals surface area contributed by atoms with Crippen molar-refractivity contribution in [2.75, 3.05) is 17.6 Å². The summed E-state index contributed by atoms with van der Waals surface area (Å²) in [7, 11) is 0. The summed E-state index contributed by atoms with van der Waals surface area (Å²) < 4.78 is 13.5. The second kappa shape index (κ2) is 4.48. The first kappa shape index (κ1) is 12.7. The van der Waals surface area contributed by atoms with Gasteiger partial charge < -0.3 is 16.2 Å². The number of carboxylic acid groups (broad SMARTS) is 1.